The summed E-state index contributed by atoms with van der Waals surface area (Å²) in [5.74, 6) is 0.461. The number of anilines is 1. The summed E-state index contributed by atoms with van der Waals surface area (Å²) >= 11 is 5.86. The van der Waals surface area contributed by atoms with E-state index in [1.54, 1.807) is 0 Å². The Kier molecular flexibility index (Phi) is 7.67. The van der Waals surface area contributed by atoms with Gasteiger partial charge in [0.05, 0.1) is 6.10 Å². The molecule has 0 aliphatic heterocycles. The molecule has 0 bridgehead atoms. The van der Waals surface area contributed by atoms with Gasteiger partial charge in [-0.25, -0.2) is 0 Å². The molecule has 0 atom stereocenters. The van der Waals surface area contributed by atoms with Crippen LogP contribution >= 0.6 is 11.6 Å². The molecule has 6 nitrogen and oxygen atoms in total. The lowest BCUT2D eigenvalue weighted by Crippen LogP contribution is -2.27. The van der Waals surface area contributed by atoms with E-state index < -0.39 is 0 Å². The van der Waals surface area contributed by atoms with Crippen LogP contribution in [-0.2, 0) is 0 Å². The van der Waals surface area contributed by atoms with Crippen molar-refractivity contribution in [3.63, 3.8) is 0 Å². The molecule has 1 aromatic rings. The van der Waals surface area contributed by atoms with Gasteiger partial charge in [-0.05, 0) is 65.7 Å². The smallest absolute Gasteiger partial charge is 0.322 e. The predicted molar refractivity (Wildman–Crippen MR) is 86.1 cm³/mol. The van der Waals surface area contributed by atoms with Crippen LogP contribution < -0.4 is 10.1 Å². The Morgan fingerprint density at radius 3 is 2.48 bits per heavy atom. The highest BCUT2D eigenvalue weighted by molar-refractivity contribution is 6.28. The van der Waals surface area contributed by atoms with Crippen LogP contribution in [0.15, 0.2) is 0 Å². The maximum absolute atomic E-state index is 5.86. The highest BCUT2D eigenvalue weighted by Crippen LogP contribution is 2.12. The number of hydrogen-bond acceptors (Lipinski definition) is 6. The van der Waals surface area contributed by atoms with Gasteiger partial charge >= 0.3 is 6.01 Å². The highest BCUT2D eigenvalue weighted by Gasteiger charge is 2.07. The maximum Gasteiger partial charge on any atom is 0.322 e. The monoisotopic (exact) mass is 315 g/mol. The van der Waals surface area contributed by atoms with Gasteiger partial charge in [0.25, 0.3) is 0 Å². The zero-order chi connectivity index (χ0) is 15.8. The van der Waals surface area contributed by atoms with Gasteiger partial charge in [-0.15, -0.1) is 0 Å². The normalized spacial score (nSPS) is 11.5. The van der Waals surface area contributed by atoms with Gasteiger partial charge in [-0.3, -0.25) is 0 Å². The minimum absolute atomic E-state index is 0.00267. The molecule has 0 fully saturated rings. The van der Waals surface area contributed by atoms with E-state index in [9.17, 15) is 0 Å². The zero-order valence-electron chi connectivity index (χ0n) is 13.6. The fourth-order valence-corrected chi connectivity index (χ4v) is 1.77. The number of nitrogens with zero attached hydrogens (tertiary/aromatic N) is 4. The second kappa shape index (κ2) is 9.00. The average molecular weight is 316 g/mol. The Bertz CT molecular complexity index is 428. The van der Waals surface area contributed by atoms with Crippen LogP contribution in [0.25, 0.3) is 0 Å². The molecule has 0 aromatic carbocycles. The van der Waals surface area contributed by atoms with E-state index >= 15 is 0 Å². The van der Waals surface area contributed by atoms with Crippen molar-refractivity contribution < 1.29 is 4.74 Å². The molecule has 1 heterocycles. The van der Waals surface area contributed by atoms with Crippen molar-refractivity contribution in [3.05, 3.63) is 5.28 Å². The Labute approximate surface area is 132 Å². The number of unbranched alkanes of at least 4 members (excludes halogenated alkanes) is 1. The first-order chi connectivity index (χ1) is 9.88. The molecule has 0 saturated heterocycles. The molecule has 21 heavy (non-hydrogen) atoms. The summed E-state index contributed by atoms with van der Waals surface area (Å²) in [5.41, 5.74) is 0. The molecule has 0 aliphatic rings. The van der Waals surface area contributed by atoms with E-state index in [1.807, 2.05) is 13.8 Å². The fraction of sp³-hybridized carbons (Fsp3) is 0.786. The number of hydrogen-bond donors (Lipinski definition) is 1. The number of nitrogens with one attached hydrogen (secondary N) is 1. The van der Waals surface area contributed by atoms with Crippen LogP contribution in [0.3, 0.4) is 0 Å². The third-order valence-corrected chi connectivity index (χ3v) is 3.20. The Balaban J connectivity index is 2.36. The first kappa shape index (κ1) is 17.9. The van der Waals surface area contributed by atoms with Crippen molar-refractivity contribution in [1.82, 2.24) is 19.9 Å². The lowest BCUT2D eigenvalue weighted by atomic mass is 10.2. The SMILES string of the molecule is CC(C)Oc1nc(Cl)nc(NCCCCN(C)C(C)C)n1. The molecular weight excluding hydrogens is 290 g/mol. The lowest BCUT2D eigenvalue weighted by molar-refractivity contribution is 0.222. The van der Waals surface area contributed by atoms with Gasteiger partial charge in [0.15, 0.2) is 0 Å². The molecule has 0 radical (unpaired) electrons. The minimum atomic E-state index is 0.00267. The van der Waals surface area contributed by atoms with Crippen LogP contribution in [0.2, 0.25) is 5.28 Å². The van der Waals surface area contributed by atoms with Crippen molar-refractivity contribution in [2.45, 2.75) is 52.7 Å². The van der Waals surface area contributed by atoms with Crippen molar-refractivity contribution >= 4 is 17.5 Å². The van der Waals surface area contributed by atoms with Crippen LogP contribution in [0.1, 0.15) is 40.5 Å². The zero-order valence-corrected chi connectivity index (χ0v) is 14.3. The third kappa shape index (κ3) is 7.43. The standard InChI is InChI=1S/C14H26ClN5O/c1-10(2)20(5)9-7-6-8-16-13-17-12(15)18-14(19-13)21-11(3)4/h10-11H,6-9H2,1-5H3,(H,16,17,18,19). The van der Waals surface area contributed by atoms with Gasteiger partial charge in [0.1, 0.15) is 0 Å². The Hall–Kier alpha value is -1.14. The Morgan fingerprint density at radius 2 is 1.86 bits per heavy atom. The summed E-state index contributed by atoms with van der Waals surface area (Å²) in [6.45, 7) is 10.1. The number of rotatable bonds is 9. The molecule has 120 valence electrons. The number of halogens is 1. The molecule has 1 aromatic heterocycles. The summed E-state index contributed by atoms with van der Waals surface area (Å²) in [6.07, 6.45) is 2.17. The number of aromatic nitrogens is 3. The lowest BCUT2D eigenvalue weighted by Gasteiger charge is -2.20. The molecule has 0 saturated carbocycles. The maximum atomic E-state index is 5.86. The van der Waals surface area contributed by atoms with E-state index in [1.165, 1.54) is 0 Å². The van der Waals surface area contributed by atoms with E-state index in [0.717, 1.165) is 25.9 Å². The Morgan fingerprint density at radius 1 is 1.14 bits per heavy atom. The molecule has 0 spiro atoms. The summed E-state index contributed by atoms with van der Waals surface area (Å²) < 4.78 is 5.43. The molecule has 0 amide bonds. The van der Waals surface area contributed by atoms with Crippen LogP contribution in [0, 0.1) is 0 Å². The molecular formula is C14H26ClN5O. The van der Waals surface area contributed by atoms with E-state index in [0.29, 0.717) is 12.0 Å². The van der Waals surface area contributed by atoms with Gasteiger partial charge < -0.3 is 15.0 Å². The van der Waals surface area contributed by atoms with Crippen molar-refractivity contribution in [2.24, 2.45) is 0 Å². The third-order valence-electron chi connectivity index (χ3n) is 3.03. The molecule has 7 heteroatoms. The van der Waals surface area contributed by atoms with Crippen molar-refractivity contribution in [3.8, 4) is 6.01 Å². The van der Waals surface area contributed by atoms with Crippen LogP contribution in [0.5, 0.6) is 6.01 Å². The van der Waals surface area contributed by atoms with Gasteiger partial charge in [0.2, 0.25) is 11.2 Å². The minimum Gasteiger partial charge on any atom is -0.461 e. The van der Waals surface area contributed by atoms with Crippen LogP contribution in [0.4, 0.5) is 5.95 Å². The van der Waals surface area contributed by atoms with Gasteiger partial charge in [-0.2, -0.15) is 15.0 Å². The summed E-state index contributed by atoms with van der Waals surface area (Å²) in [7, 11) is 2.14. The molecule has 1 rings (SSSR count). The first-order valence-electron chi connectivity index (χ1n) is 7.41. The second-order valence-electron chi connectivity index (χ2n) is 5.59. The molecule has 0 aliphatic carbocycles. The second-order valence-corrected chi connectivity index (χ2v) is 5.92. The predicted octanol–water partition coefficient (Wildman–Crippen LogP) is 2.84. The highest BCUT2D eigenvalue weighted by atomic mass is 35.5. The summed E-state index contributed by atoms with van der Waals surface area (Å²) in [6, 6.07) is 0.836. The van der Waals surface area contributed by atoms with Crippen molar-refractivity contribution in [1.29, 1.82) is 0 Å². The quantitative estimate of drug-likeness (QED) is 0.707. The summed E-state index contributed by atoms with van der Waals surface area (Å²) in [5, 5.41) is 3.30. The molecule has 1 N–H and O–H groups in total. The molecule has 0 unspecified atom stereocenters. The van der Waals surface area contributed by atoms with E-state index in [2.05, 4.69) is 46.1 Å². The van der Waals surface area contributed by atoms with Crippen molar-refractivity contribution in [2.75, 3.05) is 25.5 Å². The van der Waals surface area contributed by atoms with Gasteiger partial charge in [-0.1, -0.05) is 0 Å². The largest absolute Gasteiger partial charge is 0.461 e. The fourth-order valence-electron chi connectivity index (χ4n) is 1.62. The van der Waals surface area contributed by atoms with Crippen LogP contribution in [-0.4, -0.2) is 52.1 Å². The van der Waals surface area contributed by atoms with E-state index in [4.69, 9.17) is 16.3 Å². The summed E-state index contributed by atoms with van der Waals surface area (Å²) in [4.78, 5) is 14.5. The van der Waals surface area contributed by atoms with E-state index in [-0.39, 0.29) is 17.4 Å². The topological polar surface area (TPSA) is 63.2 Å². The first-order valence-corrected chi connectivity index (χ1v) is 7.78. The average Bonchev–Trinajstić information content (AvgIpc) is 2.36. The number of ether oxygens (including phenoxy) is 1. The van der Waals surface area contributed by atoms with Gasteiger partial charge in [0, 0.05) is 12.6 Å².